The maximum absolute atomic E-state index is 12.0. The minimum atomic E-state index is -0.348. The topological polar surface area (TPSA) is 71.4 Å². The number of nitrogens with zero attached hydrogens (tertiary/aromatic N) is 1. The lowest BCUT2D eigenvalue weighted by atomic mass is 10.1. The second kappa shape index (κ2) is 10.3. The number of methoxy groups -OCH3 is 2. The summed E-state index contributed by atoms with van der Waals surface area (Å²) in [6.45, 7) is 2.72. The van der Waals surface area contributed by atoms with E-state index < -0.39 is 0 Å². The number of carbonyl (C=O) groups excluding carboxylic acids is 1. The van der Waals surface area contributed by atoms with E-state index in [4.69, 9.17) is 9.47 Å². The molecule has 1 aromatic carbocycles. The van der Waals surface area contributed by atoms with Crippen LogP contribution in [0.25, 0.3) is 6.08 Å². The molecule has 5 heteroatoms. The number of ether oxygens (including phenoxy) is 2. The van der Waals surface area contributed by atoms with Gasteiger partial charge in [-0.1, -0.05) is 32.3 Å². The van der Waals surface area contributed by atoms with Gasteiger partial charge in [0, 0.05) is 6.54 Å². The largest absolute Gasteiger partial charge is 0.493 e. The Morgan fingerprint density at radius 3 is 2.57 bits per heavy atom. The Morgan fingerprint density at radius 1 is 1.22 bits per heavy atom. The molecule has 0 atom stereocenters. The lowest BCUT2D eigenvalue weighted by Gasteiger charge is -2.08. The molecule has 1 rings (SSSR count). The number of hydrogen-bond acceptors (Lipinski definition) is 4. The van der Waals surface area contributed by atoms with Crippen LogP contribution in [-0.4, -0.2) is 26.7 Å². The zero-order chi connectivity index (χ0) is 17.1. The molecular weight excluding hydrogens is 292 g/mol. The molecule has 0 saturated heterocycles. The number of amides is 1. The molecular formula is C18H24N2O3. The van der Waals surface area contributed by atoms with E-state index in [0.717, 1.165) is 25.7 Å². The van der Waals surface area contributed by atoms with E-state index >= 15 is 0 Å². The zero-order valence-electron chi connectivity index (χ0n) is 14.0. The van der Waals surface area contributed by atoms with Crippen molar-refractivity contribution in [1.82, 2.24) is 5.32 Å². The van der Waals surface area contributed by atoms with E-state index in [1.807, 2.05) is 6.07 Å². The first-order chi connectivity index (χ1) is 11.2. The fraction of sp³-hybridized carbons (Fsp3) is 0.444. The minimum Gasteiger partial charge on any atom is -0.493 e. The number of carbonyl (C=O) groups is 1. The zero-order valence-corrected chi connectivity index (χ0v) is 14.0. The normalized spacial score (nSPS) is 10.8. The van der Waals surface area contributed by atoms with Crippen LogP contribution in [0.3, 0.4) is 0 Å². The third-order valence-electron chi connectivity index (χ3n) is 3.40. The van der Waals surface area contributed by atoms with E-state index in [0.29, 0.717) is 23.6 Å². The lowest BCUT2D eigenvalue weighted by Crippen LogP contribution is -2.25. The summed E-state index contributed by atoms with van der Waals surface area (Å²) in [6, 6.07) is 7.18. The Morgan fingerprint density at radius 2 is 1.96 bits per heavy atom. The smallest absolute Gasteiger partial charge is 0.261 e. The highest BCUT2D eigenvalue weighted by molar-refractivity contribution is 6.01. The van der Waals surface area contributed by atoms with Crippen molar-refractivity contribution < 1.29 is 14.3 Å². The molecule has 23 heavy (non-hydrogen) atoms. The number of nitrogens with one attached hydrogen (secondary N) is 1. The summed E-state index contributed by atoms with van der Waals surface area (Å²) in [4.78, 5) is 12.0. The molecule has 0 aromatic heterocycles. The molecule has 0 fully saturated rings. The van der Waals surface area contributed by atoms with Crippen molar-refractivity contribution in [3.8, 4) is 17.6 Å². The van der Waals surface area contributed by atoms with Gasteiger partial charge < -0.3 is 14.8 Å². The SMILES string of the molecule is CCCCCCNC(=O)/C(C#N)=C\c1ccc(OC)c(OC)c1. The third-order valence-corrected chi connectivity index (χ3v) is 3.40. The van der Waals surface area contributed by atoms with Crippen LogP contribution in [0.15, 0.2) is 23.8 Å². The van der Waals surface area contributed by atoms with Crippen molar-refractivity contribution in [3.63, 3.8) is 0 Å². The fourth-order valence-corrected chi connectivity index (χ4v) is 2.11. The molecule has 0 heterocycles. The van der Waals surface area contributed by atoms with Crippen LogP contribution in [0.1, 0.15) is 38.2 Å². The van der Waals surface area contributed by atoms with Crippen molar-refractivity contribution in [1.29, 1.82) is 5.26 Å². The van der Waals surface area contributed by atoms with Gasteiger partial charge in [-0.2, -0.15) is 5.26 Å². The molecule has 1 aromatic rings. The predicted octanol–water partition coefficient (Wildman–Crippen LogP) is 3.31. The predicted molar refractivity (Wildman–Crippen MR) is 90.3 cm³/mol. The van der Waals surface area contributed by atoms with Gasteiger partial charge in [-0.15, -0.1) is 0 Å². The van der Waals surface area contributed by atoms with Crippen molar-refractivity contribution >= 4 is 12.0 Å². The average molecular weight is 316 g/mol. The van der Waals surface area contributed by atoms with Gasteiger partial charge in [0.1, 0.15) is 11.6 Å². The molecule has 1 N–H and O–H groups in total. The summed E-state index contributed by atoms with van der Waals surface area (Å²) in [7, 11) is 3.10. The molecule has 0 bridgehead atoms. The van der Waals surface area contributed by atoms with Crippen LogP contribution in [0, 0.1) is 11.3 Å². The second-order valence-corrected chi connectivity index (χ2v) is 5.10. The molecule has 0 spiro atoms. The number of benzene rings is 1. The van der Waals surface area contributed by atoms with Crippen LogP contribution >= 0.6 is 0 Å². The van der Waals surface area contributed by atoms with Gasteiger partial charge in [-0.3, -0.25) is 4.79 Å². The van der Waals surface area contributed by atoms with Crippen molar-refractivity contribution in [2.24, 2.45) is 0 Å². The summed E-state index contributed by atoms with van der Waals surface area (Å²) in [5, 5.41) is 12.0. The minimum absolute atomic E-state index is 0.0766. The van der Waals surface area contributed by atoms with Gasteiger partial charge in [0.2, 0.25) is 0 Å². The molecule has 5 nitrogen and oxygen atoms in total. The molecule has 0 aliphatic rings. The summed E-state index contributed by atoms with van der Waals surface area (Å²) in [5.41, 5.74) is 0.785. The summed E-state index contributed by atoms with van der Waals surface area (Å²) in [6.07, 6.45) is 5.86. The van der Waals surface area contributed by atoms with E-state index in [-0.39, 0.29) is 11.5 Å². The van der Waals surface area contributed by atoms with Gasteiger partial charge >= 0.3 is 0 Å². The van der Waals surface area contributed by atoms with Crippen LogP contribution in [0.4, 0.5) is 0 Å². The summed E-state index contributed by atoms with van der Waals surface area (Å²) >= 11 is 0. The first-order valence-corrected chi connectivity index (χ1v) is 7.78. The molecule has 1 amide bonds. The van der Waals surface area contributed by atoms with Crippen molar-refractivity contribution in [3.05, 3.63) is 29.3 Å². The molecule has 0 unspecified atom stereocenters. The van der Waals surface area contributed by atoms with E-state index in [9.17, 15) is 10.1 Å². The Bertz CT molecular complexity index is 588. The molecule has 0 aliphatic heterocycles. The van der Waals surface area contributed by atoms with E-state index in [1.165, 1.54) is 0 Å². The number of unbranched alkanes of at least 4 members (excludes halogenated alkanes) is 3. The Balaban J connectivity index is 2.75. The van der Waals surface area contributed by atoms with Gasteiger partial charge in [0.05, 0.1) is 14.2 Å². The lowest BCUT2D eigenvalue weighted by molar-refractivity contribution is -0.117. The molecule has 124 valence electrons. The highest BCUT2D eigenvalue weighted by Crippen LogP contribution is 2.28. The third kappa shape index (κ3) is 6.03. The van der Waals surface area contributed by atoms with Crippen molar-refractivity contribution in [2.75, 3.05) is 20.8 Å². The summed E-state index contributed by atoms with van der Waals surface area (Å²) < 4.78 is 10.4. The van der Waals surface area contributed by atoms with Gasteiger partial charge in [0.15, 0.2) is 11.5 Å². The van der Waals surface area contributed by atoms with Gasteiger partial charge in [-0.05, 0) is 30.2 Å². The van der Waals surface area contributed by atoms with Crippen LogP contribution in [0.2, 0.25) is 0 Å². The summed E-state index contributed by atoms with van der Waals surface area (Å²) in [5.74, 6) is 0.806. The van der Waals surface area contributed by atoms with Crippen LogP contribution in [0.5, 0.6) is 11.5 Å². The van der Waals surface area contributed by atoms with Crippen LogP contribution in [-0.2, 0) is 4.79 Å². The highest BCUT2D eigenvalue weighted by Gasteiger charge is 2.09. The molecule has 0 aliphatic carbocycles. The van der Waals surface area contributed by atoms with Gasteiger partial charge in [0.25, 0.3) is 5.91 Å². The number of nitriles is 1. The van der Waals surface area contributed by atoms with E-state index in [2.05, 4.69) is 12.2 Å². The van der Waals surface area contributed by atoms with Crippen molar-refractivity contribution in [2.45, 2.75) is 32.6 Å². The molecule has 0 radical (unpaired) electrons. The number of rotatable bonds is 9. The first kappa shape index (κ1) is 18.6. The monoisotopic (exact) mass is 316 g/mol. The molecule has 0 saturated carbocycles. The second-order valence-electron chi connectivity index (χ2n) is 5.10. The Kier molecular flexibility index (Phi) is 8.30. The Hall–Kier alpha value is -2.48. The maximum atomic E-state index is 12.0. The average Bonchev–Trinajstić information content (AvgIpc) is 2.58. The standard InChI is InChI=1S/C18H24N2O3/c1-4-5-6-7-10-20-18(21)15(13-19)11-14-8-9-16(22-2)17(12-14)23-3/h8-9,11-12H,4-7,10H2,1-3H3,(H,20,21)/b15-11-. The van der Waals surface area contributed by atoms with Gasteiger partial charge in [-0.25, -0.2) is 0 Å². The fourth-order valence-electron chi connectivity index (χ4n) is 2.11. The maximum Gasteiger partial charge on any atom is 0.261 e. The number of hydrogen-bond donors (Lipinski definition) is 1. The van der Waals surface area contributed by atoms with Crippen LogP contribution < -0.4 is 14.8 Å². The first-order valence-electron chi connectivity index (χ1n) is 7.78. The Labute approximate surface area is 137 Å². The van der Waals surface area contributed by atoms with E-state index in [1.54, 1.807) is 38.5 Å². The quantitative estimate of drug-likeness (QED) is 0.431. The highest BCUT2D eigenvalue weighted by atomic mass is 16.5.